The van der Waals surface area contributed by atoms with Crippen LogP contribution in [0.3, 0.4) is 0 Å². The number of pyridine rings is 1. The average Bonchev–Trinajstić information content (AvgIpc) is 3.10. The normalized spacial score (nSPS) is 26.3. The van der Waals surface area contributed by atoms with Crippen molar-refractivity contribution in [1.82, 2.24) is 9.88 Å². The van der Waals surface area contributed by atoms with Gasteiger partial charge in [0.25, 0.3) is 5.88 Å². The quantitative estimate of drug-likeness (QED) is 0.727. The fraction of sp³-hybridized carbons (Fsp3) is 0.722. The van der Waals surface area contributed by atoms with E-state index in [0.717, 1.165) is 32.2 Å². The fourth-order valence-corrected chi connectivity index (χ4v) is 3.97. The van der Waals surface area contributed by atoms with Gasteiger partial charge in [-0.2, -0.15) is 0 Å². The number of hydrogen-bond acceptors (Lipinski definition) is 5. The van der Waals surface area contributed by atoms with Gasteiger partial charge in [0.05, 0.1) is 12.7 Å². The number of aromatic nitrogens is 1. The highest BCUT2D eigenvalue weighted by atomic mass is 19.4. The Morgan fingerprint density at radius 2 is 2.15 bits per heavy atom. The first kappa shape index (κ1) is 19.2. The largest absolute Gasteiger partial charge is 0.573 e. The molecule has 0 unspecified atom stereocenters. The van der Waals surface area contributed by atoms with Crippen LogP contribution in [0.2, 0.25) is 0 Å². The Bertz CT molecular complexity index is 612. The molecule has 146 valence electrons. The Balaban J connectivity index is 1.63. The average molecular weight is 374 g/mol. The predicted octanol–water partition coefficient (Wildman–Crippen LogP) is 3.78. The highest BCUT2D eigenvalue weighted by Gasteiger charge is 2.49. The second kappa shape index (κ2) is 7.60. The summed E-state index contributed by atoms with van der Waals surface area (Å²) < 4.78 is 53.0. The van der Waals surface area contributed by atoms with Crippen molar-refractivity contribution in [3.05, 3.63) is 18.3 Å². The molecule has 1 aromatic heterocycles. The monoisotopic (exact) mass is 374 g/mol. The lowest BCUT2D eigenvalue weighted by Gasteiger charge is -2.35. The van der Waals surface area contributed by atoms with E-state index in [1.807, 2.05) is 13.8 Å². The Morgan fingerprint density at radius 3 is 2.88 bits per heavy atom. The SMILES string of the molecule is CC(C)OC[C@@]12CCCN1[C@H](COc1ncccc1OC(F)(F)F)CC2. The molecule has 0 aliphatic carbocycles. The lowest BCUT2D eigenvalue weighted by molar-refractivity contribution is -0.275. The summed E-state index contributed by atoms with van der Waals surface area (Å²) in [5, 5.41) is 0. The Labute approximate surface area is 151 Å². The molecular formula is C18H25F3N2O3. The second-order valence-corrected chi connectivity index (χ2v) is 7.24. The molecular weight excluding hydrogens is 349 g/mol. The molecule has 0 saturated carbocycles. The molecule has 2 saturated heterocycles. The van der Waals surface area contributed by atoms with Crippen molar-refractivity contribution in [1.29, 1.82) is 0 Å². The van der Waals surface area contributed by atoms with E-state index in [0.29, 0.717) is 6.61 Å². The van der Waals surface area contributed by atoms with Gasteiger partial charge in [0.1, 0.15) is 6.61 Å². The summed E-state index contributed by atoms with van der Waals surface area (Å²) in [6.07, 6.45) is 0.937. The minimum atomic E-state index is -4.77. The predicted molar refractivity (Wildman–Crippen MR) is 89.2 cm³/mol. The Morgan fingerprint density at radius 1 is 1.35 bits per heavy atom. The molecule has 2 atom stereocenters. The molecule has 1 aromatic rings. The number of ether oxygens (including phenoxy) is 3. The summed E-state index contributed by atoms with van der Waals surface area (Å²) >= 11 is 0. The summed E-state index contributed by atoms with van der Waals surface area (Å²) in [7, 11) is 0. The van der Waals surface area contributed by atoms with Crippen molar-refractivity contribution in [2.75, 3.05) is 19.8 Å². The van der Waals surface area contributed by atoms with Gasteiger partial charge in [-0.25, -0.2) is 4.98 Å². The summed E-state index contributed by atoms with van der Waals surface area (Å²) in [5.41, 5.74) is 0.0354. The first-order valence-electron chi connectivity index (χ1n) is 9.01. The molecule has 26 heavy (non-hydrogen) atoms. The van der Waals surface area contributed by atoms with E-state index in [1.165, 1.54) is 18.3 Å². The van der Waals surface area contributed by atoms with Crippen LogP contribution in [0.4, 0.5) is 13.2 Å². The molecule has 8 heteroatoms. The summed E-state index contributed by atoms with van der Waals surface area (Å²) in [6.45, 7) is 5.98. The highest BCUT2D eigenvalue weighted by molar-refractivity contribution is 5.32. The maximum Gasteiger partial charge on any atom is 0.573 e. The minimum Gasteiger partial charge on any atom is -0.473 e. The smallest absolute Gasteiger partial charge is 0.473 e. The molecule has 5 nitrogen and oxygen atoms in total. The number of nitrogens with zero attached hydrogens (tertiary/aromatic N) is 2. The summed E-state index contributed by atoms with van der Waals surface area (Å²) in [6, 6.07) is 2.74. The van der Waals surface area contributed by atoms with Gasteiger partial charge in [0.15, 0.2) is 5.75 Å². The number of hydrogen-bond donors (Lipinski definition) is 0. The zero-order valence-corrected chi connectivity index (χ0v) is 15.1. The Kier molecular flexibility index (Phi) is 5.62. The molecule has 0 aromatic carbocycles. The van der Waals surface area contributed by atoms with Crippen molar-refractivity contribution in [2.24, 2.45) is 0 Å². The van der Waals surface area contributed by atoms with Crippen LogP contribution < -0.4 is 9.47 Å². The topological polar surface area (TPSA) is 43.8 Å². The number of alkyl halides is 3. The van der Waals surface area contributed by atoms with Crippen molar-refractivity contribution in [3.63, 3.8) is 0 Å². The van der Waals surface area contributed by atoms with Crippen LogP contribution in [0.5, 0.6) is 11.6 Å². The standard InChI is InChI=1S/C18H25F3N2O3/c1-13(2)25-12-17-7-4-10-23(17)14(6-8-17)11-24-16-15(5-3-9-22-16)26-18(19,20)21/h3,5,9,13-14H,4,6-8,10-12H2,1-2H3/t14-,17-/m0/s1. The third-order valence-electron chi connectivity index (χ3n) is 5.09. The van der Waals surface area contributed by atoms with E-state index in [4.69, 9.17) is 9.47 Å². The highest BCUT2D eigenvalue weighted by Crippen LogP contribution is 2.43. The van der Waals surface area contributed by atoms with Gasteiger partial charge >= 0.3 is 6.36 Å². The van der Waals surface area contributed by atoms with E-state index >= 15 is 0 Å². The van der Waals surface area contributed by atoms with Crippen LogP contribution in [0, 0.1) is 0 Å². The van der Waals surface area contributed by atoms with E-state index in [2.05, 4.69) is 14.6 Å². The van der Waals surface area contributed by atoms with E-state index in [1.54, 1.807) is 0 Å². The van der Waals surface area contributed by atoms with Crippen molar-refractivity contribution in [3.8, 4) is 11.6 Å². The second-order valence-electron chi connectivity index (χ2n) is 7.24. The number of rotatable bonds is 7. The number of halogens is 3. The van der Waals surface area contributed by atoms with Crippen LogP contribution in [-0.2, 0) is 4.74 Å². The van der Waals surface area contributed by atoms with Gasteiger partial charge in [-0.1, -0.05) is 0 Å². The first-order valence-corrected chi connectivity index (χ1v) is 9.01. The zero-order valence-electron chi connectivity index (χ0n) is 15.1. The third kappa shape index (κ3) is 4.40. The van der Waals surface area contributed by atoms with Gasteiger partial charge in [-0.05, 0) is 58.2 Å². The molecule has 0 amide bonds. The van der Waals surface area contributed by atoms with E-state index < -0.39 is 12.1 Å². The van der Waals surface area contributed by atoms with Crippen LogP contribution in [-0.4, -0.2) is 53.7 Å². The van der Waals surface area contributed by atoms with Crippen LogP contribution >= 0.6 is 0 Å². The first-order chi connectivity index (χ1) is 12.3. The maximum absolute atomic E-state index is 12.5. The third-order valence-corrected chi connectivity index (χ3v) is 5.09. The van der Waals surface area contributed by atoms with Gasteiger partial charge in [-0.15, -0.1) is 13.2 Å². The van der Waals surface area contributed by atoms with Crippen LogP contribution in [0.1, 0.15) is 39.5 Å². The lowest BCUT2D eigenvalue weighted by Crippen LogP contribution is -2.47. The molecule has 3 heterocycles. The van der Waals surface area contributed by atoms with Gasteiger partial charge < -0.3 is 14.2 Å². The summed E-state index contributed by atoms with van der Waals surface area (Å²) in [5.74, 6) is -0.534. The zero-order chi connectivity index (χ0) is 18.8. The van der Waals surface area contributed by atoms with Crippen LogP contribution in [0.25, 0.3) is 0 Å². The van der Waals surface area contributed by atoms with Crippen LogP contribution in [0.15, 0.2) is 18.3 Å². The molecule has 0 N–H and O–H groups in total. The van der Waals surface area contributed by atoms with Gasteiger partial charge in [0, 0.05) is 17.8 Å². The molecule has 3 rings (SSSR count). The number of fused-ring (bicyclic) bond motifs is 1. The molecule has 2 fully saturated rings. The minimum absolute atomic E-state index is 0.0354. The maximum atomic E-state index is 12.5. The molecule has 0 bridgehead atoms. The van der Waals surface area contributed by atoms with Crippen molar-refractivity contribution in [2.45, 2.75) is 63.6 Å². The summed E-state index contributed by atoms with van der Waals surface area (Å²) in [4.78, 5) is 6.30. The Hall–Kier alpha value is -1.54. The molecule has 2 aliphatic heterocycles. The van der Waals surface area contributed by atoms with Gasteiger partial charge in [0.2, 0.25) is 0 Å². The molecule has 0 radical (unpaired) electrons. The van der Waals surface area contributed by atoms with Crippen molar-refractivity contribution < 1.29 is 27.4 Å². The fourth-order valence-electron chi connectivity index (χ4n) is 3.97. The van der Waals surface area contributed by atoms with Crippen molar-refractivity contribution >= 4 is 0 Å². The van der Waals surface area contributed by atoms with Gasteiger partial charge in [-0.3, -0.25) is 4.90 Å². The molecule has 0 spiro atoms. The van der Waals surface area contributed by atoms with E-state index in [9.17, 15) is 13.2 Å². The van der Waals surface area contributed by atoms with E-state index in [-0.39, 0.29) is 30.2 Å². The lowest BCUT2D eigenvalue weighted by atomic mass is 9.95. The molecule has 2 aliphatic rings.